The summed E-state index contributed by atoms with van der Waals surface area (Å²) >= 11 is 0. The Bertz CT molecular complexity index is 379. The molecule has 0 aromatic carbocycles. The molecule has 108 valence electrons. The minimum Gasteiger partial charge on any atom is -0.480 e. The SMILES string of the molecule is CC(C)C1(CNC(=O)N2C[C@H](O)C[C@H]2C(=O)O)CC1. The van der Waals surface area contributed by atoms with Crippen molar-refractivity contribution in [3.8, 4) is 0 Å². The van der Waals surface area contributed by atoms with Gasteiger partial charge in [-0.1, -0.05) is 13.8 Å². The second-order valence-corrected chi connectivity index (χ2v) is 6.07. The molecule has 0 radical (unpaired) electrons. The van der Waals surface area contributed by atoms with E-state index in [1.54, 1.807) is 0 Å². The number of likely N-dealkylation sites (tertiary alicyclic amines) is 1. The summed E-state index contributed by atoms with van der Waals surface area (Å²) in [7, 11) is 0. The number of hydrogen-bond acceptors (Lipinski definition) is 3. The van der Waals surface area contributed by atoms with E-state index in [0.717, 1.165) is 12.8 Å². The van der Waals surface area contributed by atoms with Gasteiger partial charge < -0.3 is 20.4 Å². The molecule has 1 saturated carbocycles. The molecule has 0 spiro atoms. The lowest BCUT2D eigenvalue weighted by Crippen LogP contribution is -2.47. The summed E-state index contributed by atoms with van der Waals surface area (Å²) in [6.07, 6.45) is 1.58. The van der Waals surface area contributed by atoms with Gasteiger partial charge in [0.25, 0.3) is 0 Å². The molecule has 2 atom stereocenters. The number of nitrogens with one attached hydrogen (secondary N) is 1. The number of aliphatic hydroxyl groups is 1. The molecular formula is C13H22N2O4. The molecule has 6 heteroatoms. The summed E-state index contributed by atoms with van der Waals surface area (Å²) < 4.78 is 0. The first-order valence-corrected chi connectivity index (χ1v) is 6.81. The van der Waals surface area contributed by atoms with Crippen molar-refractivity contribution in [3.05, 3.63) is 0 Å². The molecule has 0 unspecified atom stereocenters. The van der Waals surface area contributed by atoms with E-state index in [4.69, 9.17) is 5.11 Å². The number of urea groups is 1. The van der Waals surface area contributed by atoms with Gasteiger partial charge in [0.1, 0.15) is 6.04 Å². The highest BCUT2D eigenvalue weighted by molar-refractivity contribution is 5.83. The van der Waals surface area contributed by atoms with Crippen LogP contribution in [0.5, 0.6) is 0 Å². The standard InChI is InChI=1S/C13H22N2O4/c1-8(2)13(3-4-13)7-14-12(19)15-6-9(16)5-10(15)11(17)18/h8-10,16H,3-7H2,1-2H3,(H,14,19)(H,17,18)/t9-,10+/m1/s1. The number of hydrogen-bond donors (Lipinski definition) is 3. The number of aliphatic carboxylic acids is 1. The number of aliphatic hydroxyl groups excluding tert-OH is 1. The number of rotatable bonds is 4. The first-order valence-electron chi connectivity index (χ1n) is 6.81. The van der Waals surface area contributed by atoms with Crippen molar-refractivity contribution in [3.63, 3.8) is 0 Å². The fourth-order valence-electron chi connectivity index (χ4n) is 2.74. The average Bonchev–Trinajstić information content (AvgIpc) is 3.02. The molecule has 2 amide bonds. The molecule has 1 aliphatic carbocycles. The van der Waals surface area contributed by atoms with Gasteiger partial charge in [0.15, 0.2) is 0 Å². The fourth-order valence-corrected chi connectivity index (χ4v) is 2.74. The first-order chi connectivity index (χ1) is 8.85. The number of carboxylic acid groups (broad SMARTS) is 1. The van der Waals surface area contributed by atoms with Crippen LogP contribution in [0, 0.1) is 11.3 Å². The smallest absolute Gasteiger partial charge is 0.326 e. The van der Waals surface area contributed by atoms with Crippen LogP contribution in [0.4, 0.5) is 4.79 Å². The van der Waals surface area contributed by atoms with Crippen molar-refractivity contribution in [2.75, 3.05) is 13.1 Å². The highest BCUT2D eigenvalue weighted by Gasteiger charge is 2.46. The Hall–Kier alpha value is -1.30. The van der Waals surface area contributed by atoms with Crippen LogP contribution >= 0.6 is 0 Å². The molecule has 6 nitrogen and oxygen atoms in total. The maximum Gasteiger partial charge on any atom is 0.326 e. The third kappa shape index (κ3) is 2.83. The zero-order valence-electron chi connectivity index (χ0n) is 11.4. The minimum absolute atomic E-state index is 0.0947. The zero-order valence-corrected chi connectivity index (χ0v) is 11.4. The van der Waals surface area contributed by atoms with Gasteiger partial charge in [0, 0.05) is 19.5 Å². The molecule has 3 N–H and O–H groups in total. The number of β-amino-alcohol motifs (C(OH)–C–C–N with tert-alkyl or cyclic N) is 1. The molecule has 0 aromatic rings. The van der Waals surface area contributed by atoms with Crippen molar-refractivity contribution in [1.29, 1.82) is 0 Å². The van der Waals surface area contributed by atoms with Gasteiger partial charge in [0.05, 0.1) is 6.10 Å². The van der Waals surface area contributed by atoms with Gasteiger partial charge in [-0.05, 0) is 24.2 Å². The number of carbonyl (C=O) groups is 2. The largest absolute Gasteiger partial charge is 0.480 e. The molecule has 1 aliphatic heterocycles. The van der Waals surface area contributed by atoms with Gasteiger partial charge in [-0.25, -0.2) is 9.59 Å². The Morgan fingerprint density at radius 3 is 2.53 bits per heavy atom. The van der Waals surface area contributed by atoms with Crippen LogP contribution < -0.4 is 5.32 Å². The number of carboxylic acids is 1. The summed E-state index contributed by atoms with van der Waals surface area (Å²) in [6, 6.07) is -1.29. The summed E-state index contributed by atoms with van der Waals surface area (Å²) in [5.41, 5.74) is 0.187. The Morgan fingerprint density at radius 1 is 1.42 bits per heavy atom. The highest BCUT2D eigenvalue weighted by atomic mass is 16.4. The monoisotopic (exact) mass is 270 g/mol. The van der Waals surface area contributed by atoms with Gasteiger partial charge in [-0.3, -0.25) is 0 Å². The lowest BCUT2D eigenvalue weighted by atomic mass is 9.92. The Morgan fingerprint density at radius 2 is 2.05 bits per heavy atom. The predicted octanol–water partition coefficient (Wildman–Crippen LogP) is 0.652. The van der Waals surface area contributed by atoms with E-state index in [9.17, 15) is 14.7 Å². The zero-order chi connectivity index (χ0) is 14.2. The molecule has 1 saturated heterocycles. The van der Waals surface area contributed by atoms with E-state index in [-0.39, 0.29) is 24.4 Å². The lowest BCUT2D eigenvalue weighted by Gasteiger charge is -2.25. The van der Waals surface area contributed by atoms with Crippen LogP contribution in [0.2, 0.25) is 0 Å². The Kier molecular flexibility index (Phi) is 3.71. The van der Waals surface area contributed by atoms with Crippen molar-refractivity contribution in [2.45, 2.75) is 45.3 Å². The van der Waals surface area contributed by atoms with E-state index in [1.165, 1.54) is 4.90 Å². The summed E-state index contributed by atoms with van der Waals surface area (Å²) in [5, 5.41) is 21.4. The van der Waals surface area contributed by atoms with Gasteiger partial charge in [-0.15, -0.1) is 0 Å². The van der Waals surface area contributed by atoms with E-state index >= 15 is 0 Å². The van der Waals surface area contributed by atoms with Crippen molar-refractivity contribution < 1.29 is 19.8 Å². The molecule has 2 rings (SSSR count). The molecule has 0 aromatic heterocycles. The number of amides is 2. The summed E-state index contributed by atoms with van der Waals surface area (Å²) in [4.78, 5) is 24.3. The van der Waals surface area contributed by atoms with E-state index in [0.29, 0.717) is 12.5 Å². The van der Waals surface area contributed by atoms with Crippen LogP contribution in [-0.4, -0.2) is 52.3 Å². The topological polar surface area (TPSA) is 89.9 Å². The van der Waals surface area contributed by atoms with Crippen molar-refractivity contribution in [1.82, 2.24) is 10.2 Å². The van der Waals surface area contributed by atoms with Crippen molar-refractivity contribution in [2.24, 2.45) is 11.3 Å². The van der Waals surface area contributed by atoms with Crippen molar-refractivity contribution >= 4 is 12.0 Å². The van der Waals surface area contributed by atoms with Gasteiger partial charge in [-0.2, -0.15) is 0 Å². The van der Waals surface area contributed by atoms with Gasteiger partial charge >= 0.3 is 12.0 Å². The van der Waals surface area contributed by atoms with Crippen LogP contribution in [0.25, 0.3) is 0 Å². The normalized spacial score (nSPS) is 28.5. The summed E-state index contributed by atoms with van der Waals surface area (Å²) in [6.45, 7) is 4.96. The van der Waals surface area contributed by atoms with Crippen LogP contribution in [0.3, 0.4) is 0 Å². The quantitative estimate of drug-likeness (QED) is 0.699. The first kappa shape index (κ1) is 14.1. The minimum atomic E-state index is -1.06. The lowest BCUT2D eigenvalue weighted by molar-refractivity contribution is -0.141. The second-order valence-electron chi connectivity index (χ2n) is 6.07. The van der Waals surface area contributed by atoms with E-state index in [1.807, 2.05) is 0 Å². The van der Waals surface area contributed by atoms with E-state index < -0.39 is 18.1 Å². The summed E-state index contributed by atoms with van der Waals surface area (Å²) in [5.74, 6) is -0.552. The van der Waals surface area contributed by atoms with Crippen LogP contribution in [0.15, 0.2) is 0 Å². The third-order valence-electron chi connectivity index (χ3n) is 4.53. The highest BCUT2D eigenvalue weighted by Crippen LogP contribution is 2.51. The number of carbonyl (C=O) groups excluding carboxylic acids is 1. The van der Waals surface area contributed by atoms with Crippen LogP contribution in [-0.2, 0) is 4.79 Å². The molecule has 1 heterocycles. The molecule has 2 fully saturated rings. The maximum atomic E-state index is 12.0. The molecule has 2 aliphatic rings. The third-order valence-corrected chi connectivity index (χ3v) is 4.53. The number of nitrogens with zero attached hydrogens (tertiary/aromatic N) is 1. The maximum absolute atomic E-state index is 12.0. The van der Waals surface area contributed by atoms with E-state index in [2.05, 4.69) is 19.2 Å². The average molecular weight is 270 g/mol. The van der Waals surface area contributed by atoms with Gasteiger partial charge in [0.2, 0.25) is 0 Å². The van der Waals surface area contributed by atoms with Crippen LogP contribution in [0.1, 0.15) is 33.1 Å². The Balaban J connectivity index is 1.91. The molecular weight excluding hydrogens is 248 g/mol. The fraction of sp³-hybridized carbons (Fsp3) is 0.846. The second kappa shape index (κ2) is 5.00. The molecule has 0 bridgehead atoms. The molecule has 19 heavy (non-hydrogen) atoms. The Labute approximate surface area is 112 Å². The predicted molar refractivity (Wildman–Crippen MR) is 68.7 cm³/mol.